The van der Waals surface area contributed by atoms with E-state index in [4.69, 9.17) is 0 Å². The van der Waals surface area contributed by atoms with Gasteiger partial charge in [0.1, 0.15) is 11.6 Å². The van der Waals surface area contributed by atoms with E-state index in [0.29, 0.717) is 23.2 Å². The first-order valence-corrected chi connectivity index (χ1v) is 7.13. The predicted octanol–water partition coefficient (Wildman–Crippen LogP) is 4.74. The molecule has 0 aliphatic rings. The molecule has 0 heterocycles. The Labute approximate surface area is 125 Å². The van der Waals surface area contributed by atoms with Gasteiger partial charge in [0.25, 0.3) is 0 Å². The second-order valence-corrected chi connectivity index (χ2v) is 5.65. The number of halogens is 2. The van der Waals surface area contributed by atoms with E-state index in [0.717, 1.165) is 11.1 Å². The van der Waals surface area contributed by atoms with Crippen molar-refractivity contribution in [2.24, 2.45) is 0 Å². The Balaban J connectivity index is 2.07. The standard InChI is InChI=1S/C18H21F2N/c1-11-5-6-16(9-17(11)19)14(4)21-10-15-7-12(2)18(20)13(3)8-15/h5-9,14,21H,10H2,1-4H3. The summed E-state index contributed by atoms with van der Waals surface area (Å²) in [5.74, 6) is -0.331. The van der Waals surface area contributed by atoms with Crippen LogP contribution in [0.2, 0.25) is 0 Å². The second kappa shape index (κ2) is 6.35. The molecule has 0 saturated carbocycles. The third-order valence-electron chi connectivity index (χ3n) is 3.80. The molecule has 2 aromatic rings. The van der Waals surface area contributed by atoms with Gasteiger partial charge in [-0.3, -0.25) is 0 Å². The molecule has 0 spiro atoms. The first kappa shape index (κ1) is 15.6. The van der Waals surface area contributed by atoms with E-state index in [9.17, 15) is 8.78 Å². The molecule has 0 radical (unpaired) electrons. The van der Waals surface area contributed by atoms with E-state index in [1.54, 1.807) is 32.9 Å². The predicted molar refractivity (Wildman–Crippen MR) is 82.3 cm³/mol. The van der Waals surface area contributed by atoms with Gasteiger partial charge in [0.2, 0.25) is 0 Å². The molecule has 0 saturated heterocycles. The fourth-order valence-corrected chi connectivity index (χ4v) is 2.40. The van der Waals surface area contributed by atoms with Crippen molar-refractivity contribution in [3.05, 3.63) is 69.8 Å². The van der Waals surface area contributed by atoms with Crippen molar-refractivity contribution < 1.29 is 8.78 Å². The van der Waals surface area contributed by atoms with Crippen molar-refractivity contribution in [3.8, 4) is 0 Å². The van der Waals surface area contributed by atoms with Crippen LogP contribution in [0.25, 0.3) is 0 Å². The summed E-state index contributed by atoms with van der Waals surface area (Å²) in [6.07, 6.45) is 0. The highest BCUT2D eigenvalue weighted by Gasteiger charge is 2.09. The van der Waals surface area contributed by atoms with E-state index in [2.05, 4.69) is 5.32 Å². The maximum atomic E-state index is 13.6. The van der Waals surface area contributed by atoms with Crippen LogP contribution >= 0.6 is 0 Å². The molecule has 2 aromatic carbocycles. The Morgan fingerprint density at radius 1 is 0.952 bits per heavy atom. The van der Waals surface area contributed by atoms with Crippen LogP contribution in [-0.2, 0) is 6.54 Å². The first-order chi connectivity index (χ1) is 9.88. The second-order valence-electron chi connectivity index (χ2n) is 5.65. The topological polar surface area (TPSA) is 12.0 Å². The van der Waals surface area contributed by atoms with Gasteiger partial charge in [-0.2, -0.15) is 0 Å². The van der Waals surface area contributed by atoms with Crippen LogP contribution in [0.15, 0.2) is 30.3 Å². The van der Waals surface area contributed by atoms with Gasteiger partial charge in [-0.1, -0.05) is 24.3 Å². The third kappa shape index (κ3) is 3.67. The Hall–Kier alpha value is -1.74. The summed E-state index contributed by atoms with van der Waals surface area (Å²) in [5.41, 5.74) is 3.90. The summed E-state index contributed by atoms with van der Waals surface area (Å²) < 4.78 is 27.2. The van der Waals surface area contributed by atoms with Gasteiger partial charge in [0.15, 0.2) is 0 Å². The number of benzene rings is 2. The zero-order chi connectivity index (χ0) is 15.6. The SMILES string of the molecule is Cc1ccc(C(C)NCc2cc(C)c(F)c(C)c2)cc1F. The number of aryl methyl sites for hydroxylation is 3. The molecule has 112 valence electrons. The zero-order valence-electron chi connectivity index (χ0n) is 12.9. The molecule has 1 unspecified atom stereocenters. The maximum Gasteiger partial charge on any atom is 0.129 e. The Morgan fingerprint density at radius 2 is 1.57 bits per heavy atom. The molecule has 0 aromatic heterocycles. The summed E-state index contributed by atoms with van der Waals surface area (Å²) in [5, 5.41) is 3.35. The van der Waals surface area contributed by atoms with Gasteiger partial charge in [-0.25, -0.2) is 8.78 Å². The van der Waals surface area contributed by atoms with E-state index in [1.165, 1.54) is 0 Å². The van der Waals surface area contributed by atoms with Crippen LogP contribution in [0.1, 0.15) is 40.8 Å². The molecule has 0 amide bonds. The highest BCUT2D eigenvalue weighted by molar-refractivity contribution is 5.31. The van der Waals surface area contributed by atoms with Crippen LogP contribution in [0.5, 0.6) is 0 Å². The molecule has 3 heteroatoms. The average molecular weight is 289 g/mol. The molecule has 0 aliphatic heterocycles. The minimum absolute atomic E-state index is 0.0331. The lowest BCUT2D eigenvalue weighted by atomic mass is 10.0. The van der Waals surface area contributed by atoms with E-state index in [1.807, 2.05) is 25.1 Å². The molecular weight excluding hydrogens is 268 g/mol. The van der Waals surface area contributed by atoms with Gasteiger partial charge >= 0.3 is 0 Å². The van der Waals surface area contributed by atoms with Gasteiger partial charge < -0.3 is 5.32 Å². The number of rotatable bonds is 4. The normalized spacial score (nSPS) is 12.5. The van der Waals surface area contributed by atoms with Crippen LogP contribution < -0.4 is 5.32 Å². The quantitative estimate of drug-likeness (QED) is 0.857. The molecule has 0 bridgehead atoms. The number of hydrogen-bond acceptors (Lipinski definition) is 1. The van der Waals surface area contributed by atoms with Gasteiger partial charge in [0.05, 0.1) is 0 Å². The highest BCUT2D eigenvalue weighted by atomic mass is 19.1. The molecule has 1 atom stereocenters. The summed E-state index contributed by atoms with van der Waals surface area (Å²) in [7, 11) is 0. The lowest BCUT2D eigenvalue weighted by Crippen LogP contribution is -2.18. The highest BCUT2D eigenvalue weighted by Crippen LogP contribution is 2.18. The van der Waals surface area contributed by atoms with Crippen molar-refractivity contribution in [2.75, 3.05) is 0 Å². The summed E-state index contributed by atoms with van der Waals surface area (Å²) in [6, 6.07) is 9.00. The van der Waals surface area contributed by atoms with Gasteiger partial charge in [-0.05, 0) is 61.6 Å². The summed E-state index contributed by atoms with van der Waals surface area (Å²) in [6.45, 7) is 7.91. The van der Waals surface area contributed by atoms with Crippen molar-refractivity contribution in [2.45, 2.75) is 40.3 Å². The minimum Gasteiger partial charge on any atom is -0.306 e. The van der Waals surface area contributed by atoms with E-state index in [-0.39, 0.29) is 17.7 Å². The van der Waals surface area contributed by atoms with Crippen molar-refractivity contribution in [1.29, 1.82) is 0 Å². The molecule has 21 heavy (non-hydrogen) atoms. The smallest absolute Gasteiger partial charge is 0.129 e. The van der Waals surface area contributed by atoms with Gasteiger partial charge in [0, 0.05) is 12.6 Å². The summed E-state index contributed by atoms with van der Waals surface area (Å²) >= 11 is 0. The fraction of sp³-hybridized carbons (Fsp3) is 0.333. The molecule has 1 nitrogen and oxygen atoms in total. The number of nitrogens with one attached hydrogen (secondary N) is 1. The first-order valence-electron chi connectivity index (χ1n) is 7.13. The lowest BCUT2D eigenvalue weighted by molar-refractivity contribution is 0.560. The molecule has 0 aliphatic carbocycles. The largest absolute Gasteiger partial charge is 0.306 e. The van der Waals surface area contributed by atoms with Crippen LogP contribution in [0.4, 0.5) is 8.78 Å². The monoisotopic (exact) mass is 289 g/mol. The number of hydrogen-bond donors (Lipinski definition) is 1. The van der Waals surface area contributed by atoms with E-state index >= 15 is 0 Å². The van der Waals surface area contributed by atoms with Gasteiger partial charge in [-0.15, -0.1) is 0 Å². The molecule has 2 rings (SSSR count). The van der Waals surface area contributed by atoms with Crippen molar-refractivity contribution >= 4 is 0 Å². The fourth-order valence-electron chi connectivity index (χ4n) is 2.40. The lowest BCUT2D eigenvalue weighted by Gasteiger charge is -2.16. The summed E-state index contributed by atoms with van der Waals surface area (Å²) in [4.78, 5) is 0. The van der Waals surface area contributed by atoms with Crippen LogP contribution in [-0.4, -0.2) is 0 Å². The molecular formula is C18H21F2N. The molecule has 0 fully saturated rings. The minimum atomic E-state index is -0.186. The Kier molecular flexibility index (Phi) is 4.73. The average Bonchev–Trinajstić information content (AvgIpc) is 2.44. The van der Waals surface area contributed by atoms with Crippen LogP contribution in [0, 0.1) is 32.4 Å². The van der Waals surface area contributed by atoms with Crippen molar-refractivity contribution in [1.82, 2.24) is 5.32 Å². The maximum absolute atomic E-state index is 13.6. The third-order valence-corrected chi connectivity index (χ3v) is 3.80. The Morgan fingerprint density at radius 3 is 2.14 bits per heavy atom. The zero-order valence-corrected chi connectivity index (χ0v) is 12.9. The van der Waals surface area contributed by atoms with Crippen molar-refractivity contribution in [3.63, 3.8) is 0 Å². The molecule has 1 N–H and O–H groups in total. The van der Waals surface area contributed by atoms with E-state index < -0.39 is 0 Å². The van der Waals surface area contributed by atoms with Crippen LogP contribution in [0.3, 0.4) is 0 Å². The Bertz CT molecular complexity index is 627.